The van der Waals surface area contributed by atoms with Crippen molar-refractivity contribution in [2.75, 3.05) is 6.61 Å². The lowest BCUT2D eigenvalue weighted by Crippen LogP contribution is -1.98. The molecule has 0 bridgehead atoms. The van der Waals surface area contributed by atoms with Gasteiger partial charge in [-0.1, -0.05) is 42.3 Å². The Morgan fingerprint density at radius 2 is 1.89 bits per heavy atom. The third-order valence-corrected chi connectivity index (χ3v) is 2.76. The Bertz CT molecular complexity index is 594. The van der Waals surface area contributed by atoms with Crippen LogP contribution in [0.3, 0.4) is 0 Å². The van der Waals surface area contributed by atoms with Crippen LogP contribution >= 0.6 is 0 Å². The summed E-state index contributed by atoms with van der Waals surface area (Å²) in [7, 11) is 0. The Labute approximate surface area is 113 Å². The summed E-state index contributed by atoms with van der Waals surface area (Å²) in [6, 6.07) is 15.7. The van der Waals surface area contributed by atoms with Crippen molar-refractivity contribution in [3.05, 3.63) is 65.2 Å². The molecule has 0 unspecified atom stereocenters. The Kier molecular flexibility index (Phi) is 4.36. The molecule has 2 aromatic carbocycles. The zero-order valence-corrected chi connectivity index (χ0v) is 10.5. The zero-order chi connectivity index (χ0) is 13.5. The second-order valence-electron chi connectivity index (χ2n) is 4.15. The number of ether oxygens (including phenoxy) is 1. The first kappa shape index (κ1) is 12.9. The van der Waals surface area contributed by atoms with E-state index in [2.05, 4.69) is 18.1 Å². The molecule has 0 fully saturated rings. The van der Waals surface area contributed by atoms with Gasteiger partial charge in [0, 0.05) is 0 Å². The highest BCUT2D eigenvalue weighted by atomic mass is 16.5. The highest BCUT2D eigenvalue weighted by molar-refractivity contribution is 5.79. The quantitative estimate of drug-likeness (QED) is 0.602. The summed E-state index contributed by atoms with van der Waals surface area (Å²) in [5, 5.41) is 0. The van der Waals surface area contributed by atoms with Crippen molar-refractivity contribution >= 4 is 6.29 Å². The van der Waals surface area contributed by atoms with E-state index in [1.807, 2.05) is 30.3 Å². The lowest BCUT2D eigenvalue weighted by molar-refractivity contribution is 0.112. The monoisotopic (exact) mass is 250 g/mol. The van der Waals surface area contributed by atoms with Gasteiger partial charge in [-0.15, -0.1) is 6.42 Å². The predicted molar refractivity (Wildman–Crippen MR) is 75.4 cm³/mol. The van der Waals surface area contributed by atoms with Gasteiger partial charge in [-0.2, -0.15) is 0 Å². The number of carbonyl (C=O) groups excluding carboxylic acids is 1. The van der Waals surface area contributed by atoms with Gasteiger partial charge >= 0.3 is 0 Å². The van der Waals surface area contributed by atoms with Crippen LogP contribution < -0.4 is 4.74 Å². The van der Waals surface area contributed by atoms with Gasteiger partial charge in [0.05, 0.1) is 5.56 Å². The van der Waals surface area contributed by atoms with Gasteiger partial charge in [0.2, 0.25) is 0 Å². The standard InChI is InChI=1S/C17H14O2/c1-2-10-19-17-9-8-15(12-16(17)13-18)11-14-6-4-3-5-7-14/h1,3-9,12-13H,10-11H2. The largest absolute Gasteiger partial charge is 0.480 e. The van der Waals surface area contributed by atoms with Crippen molar-refractivity contribution in [2.24, 2.45) is 0 Å². The fraction of sp³-hybridized carbons (Fsp3) is 0.118. The van der Waals surface area contributed by atoms with Crippen molar-refractivity contribution in [3.8, 4) is 18.1 Å². The molecule has 2 heteroatoms. The molecule has 2 nitrogen and oxygen atoms in total. The van der Waals surface area contributed by atoms with Crippen LogP contribution in [0.1, 0.15) is 21.5 Å². The van der Waals surface area contributed by atoms with Crippen molar-refractivity contribution in [1.82, 2.24) is 0 Å². The zero-order valence-electron chi connectivity index (χ0n) is 10.5. The minimum absolute atomic E-state index is 0.166. The summed E-state index contributed by atoms with van der Waals surface area (Å²) < 4.78 is 5.32. The number of hydrogen-bond acceptors (Lipinski definition) is 2. The fourth-order valence-corrected chi connectivity index (χ4v) is 1.88. The van der Waals surface area contributed by atoms with Crippen molar-refractivity contribution in [1.29, 1.82) is 0 Å². The molecule has 0 heterocycles. The molecule has 0 aliphatic carbocycles. The van der Waals surface area contributed by atoms with Gasteiger partial charge in [-0.05, 0) is 29.7 Å². The molecule has 2 aromatic rings. The molecule has 0 saturated carbocycles. The van der Waals surface area contributed by atoms with Crippen LogP contribution in [0.5, 0.6) is 5.75 Å². The lowest BCUT2D eigenvalue weighted by atomic mass is 10.0. The molecule has 0 aromatic heterocycles. The average Bonchev–Trinajstić information content (AvgIpc) is 2.47. The topological polar surface area (TPSA) is 26.3 Å². The van der Waals surface area contributed by atoms with Gasteiger partial charge in [-0.3, -0.25) is 4.79 Å². The summed E-state index contributed by atoms with van der Waals surface area (Å²) in [5.41, 5.74) is 2.81. The van der Waals surface area contributed by atoms with E-state index < -0.39 is 0 Å². The fourth-order valence-electron chi connectivity index (χ4n) is 1.88. The van der Waals surface area contributed by atoms with Crippen molar-refractivity contribution in [2.45, 2.75) is 6.42 Å². The Morgan fingerprint density at radius 1 is 1.11 bits per heavy atom. The SMILES string of the molecule is C#CCOc1ccc(Cc2ccccc2)cc1C=O. The van der Waals surface area contributed by atoms with E-state index in [-0.39, 0.29) is 6.61 Å². The van der Waals surface area contributed by atoms with Crippen molar-refractivity contribution < 1.29 is 9.53 Å². The van der Waals surface area contributed by atoms with E-state index in [9.17, 15) is 4.79 Å². The molecule has 2 rings (SSSR count). The van der Waals surface area contributed by atoms with E-state index >= 15 is 0 Å². The molecule has 0 N–H and O–H groups in total. The second kappa shape index (κ2) is 6.42. The maximum absolute atomic E-state index is 11.1. The van der Waals surface area contributed by atoms with E-state index in [4.69, 9.17) is 11.2 Å². The molecule has 0 radical (unpaired) electrons. The maximum atomic E-state index is 11.1. The highest BCUT2D eigenvalue weighted by Gasteiger charge is 2.05. The minimum atomic E-state index is 0.166. The van der Waals surface area contributed by atoms with Crippen molar-refractivity contribution in [3.63, 3.8) is 0 Å². The summed E-state index contributed by atoms with van der Waals surface area (Å²) in [6.07, 6.45) is 6.72. The molecule has 0 amide bonds. The van der Waals surface area contributed by atoms with Gasteiger partial charge < -0.3 is 4.74 Å². The predicted octanol–water partition coefficient (Wildman–Crippen LogP) is 3.10. The molecule has 94 valence electrons. The average molecular weight is 250 g/mol. The van der Waals surface area contributed by atoms with Crippen LogP contribution in [0.15, 0.2) is 48.5 Å². The molecule has 0 spiro atoms. The molecule has 19 heavy (non-hydrogen) atoms. The Morgan fingerprint density at radius 3 is 2.58 bits per heavy atom. The van der Waals surface area contributed by atoms with Gasteiger partial charge in [0.25, 0.3) is 0 Å². The van der Waals surface area contributed by atoms with Crippen LogP contribution in [0.25, 0.3) is 0 Å². The minimum Gasteiger partial charge on any atom is -0.480 e. The highest BCUT2D eigenvalue weighted by Crippen LogP contribution is 2.20. The number of benzene rings is 2. The Hall–Kier alpha value is -2.53. The second-order valence-corrected chi connectivity index (χ2v) is 4.15. The molecule has 0 saturated heterocycles. The Balaban J connectivity index is 2.20. The van der Waals surface area contributed by atoms with Crippen LogP contribution in [-0.4, -0.2) is 12.9 Å². The maximum Gasteiger partial charge on any atom is 0.153 e. The third-order valence-electron chi connectivity index (χ3n) is 2.76. The molecule has 0 aliphatic heterocycles. The number of rotatable bonds is 5. The molecular formula is C17H14O2. The summed E-state index contributed by atoms with van der Waals surface area (Å²) in [4.78, 5) is 11.1. The summed E-state index contributed by atoms with van der Waals surface area (Å²) in [5.74, 6) is 2.92. The third kappa shape index (κ3) is 3.46. The van der Waals surface area contributed by atoms with Crippen LogP contribution in [0, 0.1) is 12.3 Å². The van der Waals surface area contributed by atoms with Crippen LogP contribution in [0.4, 0.5) is 0 Å². The number of aldehydes is 1. The molecule has 0 atom stereocenters. The van der Waals surface area contributed by atoms with Crippen LogP contribution in [-0.2, 0) is 6.42 Å². The first-order chi connectivity index (χ1) is 9.33. The van der Waals surface area contributed by atoms with Gasteiger partial charge in [0.15, 0.2) is 6.29 Å². The van der Waals surface area contributed by atoms with Gasteiger partial charge in [-0.25, -0.2) is 0 Å². The number of hydrogen-bond donors (Lipinski definition) is 0. The molecular weight excluding hydrogens is 236 g/mol. The summed E-state index contributed by atoms with van der Waals surface area (Å²) >= 11 is 0. The molecule has 0 aliphatic rings. The van der Waals surface area contributed by atoms with E-state index in [0.29, 0.717) is 11.3 Å². The van der Waals surface area contributed by atoms with Crippen LogP contribution in [0.2, 0.25) is 0 Å². The van der Waals surface area contributed by atoms with E-state index in [1.165, 1.54) is 5.56 Å². The normalized spacial score (nSPS) is 9.63. The first-order valence-electron chi connectivity index (χ1n) is 6.02. The first-order valence-corrected chi connectivity index (χ1v) is 6.02. The van der Waals surface area contributed by atoms with E-state index in [1.54, 1.807) is 6.07 Å². The van der Waals surface area contributed by atoms with E-state index in [0.717, 1.165) is 18.3 Å². The number of carbonyl (C=O) groups is 1. The summed E-state index contributed by atoms with van der Waals surface area (Å²) in [6.45, 7) is 0.166. The lowest BCUT2D eigenvalue weighted by Gasteiger charge is -2.08. The smallest absolute Gasteiger partial charge is 0.153 e. The van der Waals surface area contributed by atoms with Gasteiger partial charge in [0.1, 0.15) is 12.4 Å². The number of terminal acetylenes is 1.